The summed E-state index contributed by atoms with van der Waals surface area (Å²) in [5, 5.41) is 16.5. The number of hydrogen-bond acceptors (Lipinski definition) is 5. The van der Waals surface area contributed by atoms with Gasteiger partial charge in [-0.25, -0.2) is 9.78 Å². The number of carboxylic acid groups (broad SMARTS) is 1. The van der Waals surface area contributed by atoms with E-state index >= 15 is 0 Å². The number of carbonyl (C=O) groups is 1. The molecule has 0 bridgehead atoms. The number of thiazole rings is 1. The van der Waals surface area contributed by atoms with E-state index in [0.29, 0.717) is 11.5 Å². The Kier molecular flexibility index (Phi) is 2.86. The number of rotatable bonds is 4. The molecule has 0 aliphatic carbocycles. The number of hydrogen-bond donors (Lipinski definition) is 2. The number of aromatic carboxylic acids is 1. The fourth-order valence-electron chi connectivity index (χ4n) is 1.27. The van der Waals surface area contributed by atoms with Crippen molar-refractivity contribution in [2.45, 2.75) is 6.54 Å². The lowest BCUT2D eigenvalue weighted by Crippen LogP contribution is -2.07. The van der Waals surface area contributed by atoms with Crippen molar-refractivity contribution in [2.75, 3.05) is 5.32 Å². The minimum absolute atomic E-state index is 0.0622. The Morgan fingerprint density at radius 3 is 3.12 bits per heavy atom. The number of nitrogens with one attached hydrogen (secondary N) is 1. The Hall–Kier alpha value is -1.89. The molecule has 0 amide bonds. The maximum Gasteiger partial charge on any atom is 0.357 e. The molecule has 0 atom stereocenters. The zero-order valence-electron chi connectivity index (χ0n) is 8.54. The molecular formula is C9H10N4O2S. The molecule has 2 rings (SSSR count). The minimum atomic E-state index is -1.02. The van der Waals surface area contributed by atoms with E-state index in [2.05, 4.69) is 15.4 Å². The molecule has 2 heterocycles. The first-order valence-electron chi connectivity index (χ1n) is 4.56. The van der Waals surface area contributed by atoms with Crippen LogP contribution < -0.4 is 5.32 Å². The second-order valence-electron chi connectivity index (χ2n) is 3.13. The number of carboxylic acids is 1. The lowest BCUT2D eigenvalue weighted by atomic mass is 10.4. The summed E-state index contributed by atoms with van der Waals surface area (Å²) in [5.74, 6) is -1.02. The maximum atomic E-state index is 10.8. The topological polar surface area (TPSA) is 80.0 Å². The molecule has 0 fully saturated rings. The van der Waals surface area contributed by atoms with E-state index in [1.807, 2.05) is 13.1 Å². The van der Waals surface area contributed by atoms with Crippen LogP contribution in [0.15, 0.2) is 17.8 Å². The third kappa shape index (κ3) is 2.03. The molecule has 0 aromatic carbocycles. The van der Waals surface area contributed by atoms with Crippen LogP contribution in [0.4, 0.5) is 5.00 Å². The van der Waals surface area contributed by atoms with Crippen molar-refractivity contribution < 1.29 is 9.90 Å². The molecule has 2 aromatic heterocycles. The van der Waals surface area contributed by atoms with Crippen LogP contribution in [0.5, 0.6) is 0 Å². The van der Waals surface area contributed by atoms with Crippen LogP contribution in [0.3, 0.4) is 0 Å². The maximum absolute atomic E-state index is 10.8. The molecule has 7 heteroatoms. The predicted molar refractivity (Wildman–Crippen MR) is 59.6 cm³/mol. The lowest BCUT2D eigenvalue weighted by molar-refractivity contribution is 0.0692. The summed E-state index contributed by atoms with van der Waals surface area (Å²) in [7, 11) is 1.84. The minimum Gasteiger partial charge on any atom is -0.476 e. The van der Waals surface area contributed by atoms with Crippen LogP contribution in [-0.2, 0) is 13.6 Å². The van der Waals surface area contributed by atoms with Crippen molar-refractivity contribution in [3.05, 3.63) is 29.2 Å². The summed E-state index contributed by atoms with van der Waals surface area (Å²) in [4.78, 5) is 14.6. The van der Waals surface area contributed by atoms with Gasteiger partial charge in [-0.15, -0.1) is 11.3 Å². The molecule has 0 spiro atoms. The van der Waals surface area contributed by atoms with Crippen molar-refractivity contribution in [1.82, 2.24) is 14.8 Å². The lowest BCUT2D eigenvalue weighted by Gasteiger charge is -2.04. The summed E-state index contributed by atoms with van der Waals surface area (Å²) in [6.45, 7) is 0.527. The van der Waals surface area contributed by atoms with Gasteiger partial charge >= 0.3 is 5.97 Å². The van der Waals surface area contributed by atoms with E-state index in [4.69, 9.17) is 5.11 Å². The van der Waals surface area contributed by atoms with Gasteiger partial charge in [0.1, 0.15) is 5.00 Å². The van der Waals surface area contributed by atoms with Crippen molar-refractivity contribution in [1.29, 1.82) is 0 Å². The van der Waals surface area contributed by atoms with Crippen LogP contribution in [-0.4, -0.2) is 25.8 Å². The first kappa shape index (κ1) is 10.6. The quantitative estimate of drug-likeness (QED) is 0.836. The van der Waals surface area contributed by atoms with Gasteiger partial charge in [-0.05, 0) is 6.07 Å². The smallest absolute Gasteiger partial charge is 0.357 e. The van der Waals surface area contributed by atoms with Gasteiger partial charge in [0.2, 0.25) is 0 Å². The molecule has 84 valence electrons. The van der Waals surface area contributed by atoms with Gasteiger partial charge in [0.05, 0.1) is 17.7 Å². The van der Waals surface area contributed by atoms with E-state index in [9.17, 15) is 4.79 Å². The summed E-state index contributed by atoms with van der Waals surface area (Å²) < 4.78 is 1.73. The Morgan fingerprint density at radius 2 is 2.50 bits per heavy atom. The van der Waals surface area contributed by atoms with E-state index in [0.717, 1.165) is 5.69 Å². The predicted octanol–water partition coefficient (Wildman–Crippen LogP) is 1.19. The van der Waals surface area contributed by atoms with E-state index < -0.39 is 5.97 Å². The highest BCUT2D eigenvalue weighted by molar-refractivity contribution is 7.14. The molecule has 0 aliphatic rings. The van der Waals surface area contributed by atoms with Crippen LogP contribution in [0.25, 0.3) is 0 Å². The molecule has 0 saturated heterocycles. The van der Waals surface area contributed by atoms with Gasteiger partial charge in [-0.2, -0.15) is 5.10 Å². The van der Waals surface area contributed by atoms with E-state index in [1.54, 1.807) is 10.9 Å². The van der Waals surface area contributed by atoms with E-state index in [-0.39, 0.29) is 5.69 Å². The molecule has 6 nitrogen and oxygen atoms in total. The SMILES string of the molecule is Cn1nccc1CNc1scnc1C(=O)O. The standard InChI is InChI=1S/C9H10N4O2S/c1-13-6(2-3-12-13)4-10-8-7(9(14)15)11-5-16-8/h2-3,5,10H,4H2,1H3,(H,14,15). The normalized spacial score (nSPS) is 10.3. The molecule has 2 aromatic rings. The zero-order valence-corrected chi connectivity index (χ0v) is 9.36. The third-order valence-electron chi connectivity index (χ3n) is 2.12. The Bertz CT molecular complexity index is 505. The molecule has 0 radical (unpaired) electrons. The molecular weight excluding hydrogens is 228 g/mol. The highest BCUT2D eigenvalue weighted by atomic mass is 32.1. The highest BCUT2D eigenvalue weighted by Crippen LogP contribution is 2.20. The molecule has 0 aliphatic heterocycles. The second kappa shape index (κ2) is 4.31. The zero-order chi connectivity index (χ0) is 11.5. The summed E-state index contributed by atoms with van der Waals surface area (Å²) in [6, 6.07) is 1.87. The number of nitrogens with zero attached hydrogens (tertiary/aromatic N) is 3. The van der Waals surface area contributed by atoms with Gasteiger partial charge in [0.15, 0.2) is 5.69 Å². The number of anilines is 1. The fraction of sp³-hybridized carbons (Fsp3) is 0.222. The highest BCUT2D eigenvalue weighted by Gasteiger charge is 2.13. The largest absolute Gasteiger partial charge is 0.476 e. The summed E-state index contributed by atoms with van der Waals surface area (Å²) in [5.41, 5.74) is 2.55. The molecule has 0 unspecified atom stereocenters. The van der Waals surface area contributed by atoms with Crippen molar-refractivity contribution in [2.24, 2.45) is 7.05 Å². The average Bonchev–Trinajstić information content (AvgIpc) is 2.83. The molecule has 16 heavy (non-hydrogen) atoms. The van der Waals surface area contributed by atoms with Gasteiger partial charge < -0.3 is 10.4 Å². The molecule has 2 N–H and O–H groups in total. The first-order valence-corrected chi connectivity index (χ1v) is 5.44. The van der Waals surface area contributed by atoms with Crippen LogP contribution in [0, 0.1) is 0 Å². The second-order valence-corrected chi connectivity index (χ2v) is 3.99. The van der Waals surface area contributed by atoms with Crippen LogP contribution in [0.2, 0.25) is 0 Å². The van der Waals surface area contributed by atoms with Gasteiger partial charge in [0.25, 0.3) is 0 Å². The van der Waals surface area contributed by atoms with Gasteiger partial charge in [-0.1, -0.05) is 0 Å². The van der Waals surface area contributed by atoms with Gasteiger partial charge in [0, 0.05) is 13.2 Å². The number of aryl methyl sites for hydroxylation is 1. The third-order valence-corrected chi connectivity index (χ3v) is 2.91. The Balaban J connectivity index is 2.08. The Labute approximate surface area is 95.6 Å². The van der Waals surface area contributed by atoms with Gasteiger partial charge in [-0.3, -0.25) is 4.68 Å². The summed E-state index contributed by atoms with van der Waals surface area (Å²) >= 11 is 1.27. The van der Waals surface area contributed by atoms with Crippen molar-refractivity contribution in [3.8, 4) is 0 Å². The van der Waals surface area contributed by atoms with Crippen molar-refractivity contribution >= 4 is 22.3 Å². The average molecular weight is 238 g/mol. The summed E-state index contributed by atoms with van der Waals surface area (Å²) in [6.07, 6.45) is 1.70. The fourth-order valence-corrected chi connectivity index (χ4v) is 1.94. The van der Waals surface area contributed by atoms with Crippen LogP contribution >= 0.6 is 11.3 Å². The Morgan fingerprint density at radius 1 is 1.69 bits per heavy atom. The van der Waals surface area contributed by atoms with Crippen LogP contribution in [0.1, 0.15) is 16.2 Å². The monoisotopic (exact) mass is 238 g/mol. The van der Waals surface area contributed by atoms with E-state index in [1.165, 1.54) is 16.8 Å². The molecule has 0 saturated carbocycles. The number of aromatic nitrogens is 3. The first-order chi connectivity index (χ1) is 7.68. The van der Waals surface area contributed by atoms with Crippen molar-refractivity contribution in [3.63, 3.8) is 0 Å².